The summed E-state index contributed by atoms with van der Waals surface area (Å²) < 4.78 is 6.29. The minimum Gasteiger partial charge on any atom is -0.488 e. The Labute approximate surface area is 150 Å². The minimum atomic E-state index is -0.205. The van der Waals surface area contributed by atoms with E-state index in [1.807, 2.05) is 51.2 Å². The normalized spacial score (nSPS) is 22.3. The van der Waals surface area contributed by atoms with E-state index in [1.165, 1.54) is 0 Å². The maximum absolute atomic E-state index is 12.9. The number of carbonyl (C=O) groups excluding carboxylic acids is 1. The lowest BCUT2D eigenvalue weighted by Crippen LogP contribution is -2.47. The Kier molecular flexibility index (Phi) is 6.67. The number of likely N-dealkylation sites (N-methyl/N-ethyl adjacent to an activating group) is 1. The van der Waals surface area contributed by atoms with Crippen molar-refractivity contribution in [3.63, 3.8) is 0 Å². The summed E-state index contributed by atoms with van der Waals surface area (Å²) in [6.45, 7) is 5.20. The number of aliphatic hydroxyl groups is 1. The van der Waals surface area contributed by atoms with Gasteiger partial charge in [-0.3, -0.25) is 4.79 Å². The van der Waals surface area contributed by atoms with Crippen LogP contribution < -0.4 is 15.0 Å². The number of anilines is 1. The zero-order valence-electron chi connectivity index (χ0n) is 16.0. The lowest BCUT2D eigenvalue weighted by atomic mass is 10.0. The van der Waals surface area contributed by atoms with E-state index in [4.69, 9.17) is 4.74 Å². The first kappa shape index (κ1) is 19.5. The molecule has 3 atom stereocenters. The second kappa shape index (κ2) is 8.54. The monoisotopic (exact) mass is 349 g/mol. The molecule has 0 bridgehead atoms. The van der Waals surface area contributed by atoms with Gasteiger partial charge in [0.15, 0.2) is 0 Å². The summed E-state index contributed by atoms with van der Waals surface area (Å²) in [6, 6.07) is 5.78. The Morgan fingerprint density at radius 3 is 2.76 bits per heavy atom. The van der Waals surface area contributed by atoms with E-state index in [2.05, 4.69) is 12.2 Å². The van der Waals surface area contributed by atoms with E-state index in [9.17, 15) is 9.90 Å². The lowest BCUT2D eigenvalue weighted by molar-refractivity contribution is -0.134. The van der Waals surface area contributed by atoms with E-state index in [0.717, 1.165) is 17.0 Å². The van der Waals surface area contributed by atoms with Gasteiger partial charge in [0.1, 0.15) is 11.9 Å². The Balaban J connectivity index is 2.44. The number of amides is 1. The Morgan fingerprint density at radius 1 is 1.44 bits per heavy atom. The number of hydrogen-bond acceptors (Lipinski definition) is 5. The summed E-state index contributed by atoms with van der Waals surface area (Å²) in [5, 5.41) is 12.7. The molecule has 6 nitrogen and oxygen atoms in total. The van der Waals surface area contributed by atoms with E-state index in [0.29, 0.717) is 13.1 Å². The maximum atomic E-state index is 12.9. The molecule has 0 radical (unpaired) electrons. The minimum absolute atomic E-state index is 0.0271. The molecule has 1 amide bonds. The number of rotatable bonds is 5. The fourth-order valence-corrected chi connectivity index (χ4v) is 3.14. The van der Waals surface area contributed by atoms with Crippen LogP contribution in [0.15, 0.2) is 18.2 Å². The van der Waals surface area contributed by atoms with Crippen LogP contribution >= 0.6 is 0 Å². The first-order valence-corrected chi connectivity index (χ1v) is 8.89. The quantitative estimate of drug-likeness (QED) is 0.834. The van der Waals surface area contributed by atoms with Gasteiger partial charge >= 0.3 is 0 Å². The van der Waals surface area contributed by atoms with Crippen molar-refractivity contribution in [3.8, 4) is 5.75 Å². The van der Waals surface area contributed by atoms with Crippen LogP contribution in [0.2, 0.25) is 0 Å². The van der Waals surface area contributed by atoms with Gasteiger partial charge < -0.3 is 25.0 Å². The van der Waals surface area contributed by atoms with E-state index >= 15 is 0 Å². The molecule has 0 fully saturated rings. The highest BCUT2D eigenvalue weighted by atomic mass is 16.5. The molecule has 0 saturated heterocycles. The summed E-state index contributed by atoms with van der Waals surface area (Å²) in [4.78, 5) is 16.7. The molecule has 0 spiro atoms. The average molecular weight is 349 g/mol. The fraction of sp³-hybridized carbons (Fsp3) is 0.632. The molecule has 2 N–H and O–H groups in total. The van der Waals surface area contributed by atoms with E-state index in [1.54, 1.807) is 4.90 Å². The van der Waals surface area contributed by atoms with Crippen LogP contribution in [0, 0.1) is 5.92 Å². The van der Waals surface area contributed by atoms with Gasteiger partial charge in [-0.05, 0) is 32.2 Å². The van der Waals surface area contributed by atoms with Gasteiger partial charge in [-0.15, -0.1) is 0 Å². The van der Waals surface area contributed by atoms with Crippen LogP contribution in [-0.2, 0) is 11.2 Å². The van der Waals surface area contributed by atoms with Gasteiger partial charge in [0, 0.05) is 44.4 Å². The third-order valence-electron chi connectivity index (χ3n) is 4.82. The Hall–Kier alpha value is -1.79. The van der Waals surface area contributed by atoms with Crippen molar-refractivity contribution in [3.05, 3.63) is 23.8 Å². The number of aliphatic hydroxyl groups excluding tert-OH is 1. The van der Waals surface area contributed by atoms with Crippen molar-refractivity contribution in [2.75, 3.05) is 45.7 Å². The molecule has 1 aromatic rings. The summed E-state index contributed by atoms with van der Waals surface area (Å²) in [6.07, 6.45) is 0.230. The van der Waals surface area contributed by atoms with Crippen LogP contribution in [0.4, 0.5) is 5.69 Å². The predicted molar refractivity (Wildman–Crippen MR) is 100 cm³/mol. The molecule has 1 aliphatic heterocycles. The number of fused-ring (bicyclic) bond motifs is 1. The Bertz CT molecular complexity index is 591. The summed E-state index contributed by atoms with van der Waals surface area (Å²) in [5.74, 6) is 0.939. The van der Waals surface area contributed by atoms with Crippen molar-refractivity contribution >= 4 is 11.6 Å². The molecule has 0 aliphatic carbocycles. The molecule has 1 aromatic carbocycles. The highest BCUT2D eigenvalue weighted by molar-refractivity contribution is 5.80. The zero-order valence-corrected chi connectivity index (χ0v) is 16.0. The number of hydrogen-bond donors (Lipinski definition) is 2. The highest BCUT2D eigenvalue weighted by Crippen LogP contribution is 2.29. The van der Waals surface area contributed by atoms with Crippen molar-refractivity contribution in [2.24, 2.45) is 5.92 Å². The summed E-state index contributed by atoms with van der Waals surface area (Å²) in [5.41, 5.74) is 1.93. The molecular weight excluding hydrogens is 318 g/mol. The number of benzene rings is 1. The molecule has 6 heteroatoms. The van der Waals surface area contributed by atoms with E-state index < -0.39 is 0 Å². The molecule has 0 unspecified atom stereocenters. The zero-order chi connectivity index (χ0) is 18.6. The smallest absolute Gasteiger partial charge is 0.227 e. The summed E-state index contributed by atoms with van der Waals surface area (Å²) in [7, 11) is 5.86. The van der Waals surface area contributed by atoms with Gasteiger partial charge in [-0.25, -0.2) is 0 Å². The van der Waals surface area contributed by atoms with Gasteiger partial charge in [0.05, 0.1) is 19.1 Å². The van der Waals surface area contributed by atoms with Crippen molar-refractivity contribution < 1.29 is 14.6 Å². The van der Waals surface area contributed by atoms with Crippen LogP contribution in [0.1, 0.15) is 19.4 Å². The summed E-state index contributed by atoms with van der Waals surface area (Å²) >= 11 is 0. The molecule has 2 rings (SSSR count). The van der Waals surface area contributed by atoms with Crippen molar-refractivity contribution in [2.45, 2.75) is 32.4 Å². The van der Waals surface area contributed by atoms with Crippen molar-refractivity contribution in [1.82, 2.24) is 10.2 Å². The first-order chi connectivity index (χ1) is 11.9. The van der Waals surface area contributed by atoms with Crippen molar-refractivity contribution in [1.29, 1.82) is 0 Å². The first-order valence-electron chi connectivity index (χ1n) is 8.89. The molecular formula is C19H31N3O3. The molecule has 140 valence electrons. The number of nitrogens with zero attached hydrogens (tertiary/aromatic N) is 2. The second-order valence-corrected chi connectivity index (χ2v) is 7.13. The Morgan fingerprint density at radius 2 is 2.16 bits per heavy atom. The van der Waals surface area contributed by atoms with Crippen LogP contribution in [-0.4, -0.2) is 68.9 Å². The lowest BCUT2D eigenvalue weighted by Gasteiger charge is -2.32. The van der Waals surface area contributed by atoms with Crippen LogP contribution in [0.3, 0.4) is 0 Å². The third-order valence-corrected chi connectivity index (χ3v) is 4.82. The molecule has 0 aromatic heterocycles. The highest BCUT2D eigenvalue weighted by Gasteiger charge is 2.30. The van der Waals surface area contributed by atoms with E-state index in [-0.39, 0.29) is 37.0 Å². The SMILES string of the molecule is CNC[C@H]1Oc2ccc(N(C)C)cc2CC(=O)N([C@@H](C)CO)C[C@H]1C. The molecule has 25 heavy (non-hydrogen) atoms. The predicted octanol–water partition coefficient (Wildman–Crippen LogP) is 1.12. The largest absolute Gasteiger partial charge is 0.488 e. The number of carbonyl (C=O) groups is 1. The topological polar surface area (TPSA) is 65.0 Å². The van der Waals surface area contributed by atoms with Gasteiger partial charge in [-0.2, -0.15) is 0 Å². The van der Waals surface area contributed by atoms with Gasteiger partial charge in [0.25, 0.3) is 0 Å². The van der Waals surface area contributed by atoms with Gasteiger partial charge in [0.2, 0.25) is 5.91 Å². The maximum Gasteiger partial charge on any atom is 0.227 e. The number of ether oxygens (including phenoxy) is 1. The molecule has 0 saturated carbocycles. The third kappa shape index (κ3) is 4.64. The number of nitrogens with one attached hydrogen (secondary N) is 1. The van der Waals surface area contributed by atoms with Crippen LogP contribution in [0.25, 0.3) is 0 Å². The second-order valence-electron chi connectivity index (χ2n) is 7.13. The van der Waals surface area contributed by atoms with Gasteiger partial charge in [-0.1, -0.05) is 6.92 Å². The molecule has 1 heterocycles. The van der Waals surface area contributed by atoms with Crippen LogP contribution in [0.5, 0.6) is 5.75 Å². The standard InChI is InChI=1S/C19H31N3O3/c1-13-11-22(14(2)12-23)19(24)9-15-8-16(21(4)5)6-7-17(15)25-18(13)10-20-3/h6-8,13-14,18,20,23H,9-12H2,1-5H3/t13-,14+,18-/m1/s1. The average Bonchev–Trinajstić information content (AvgIpc) is 2.63. The molecule has 1 aliphatic rings. The fourth-order valence-electron chi connectivity index (χ4n) is 3.14.